The number of nitriles is 1. The van der Waals surface area contributed by atoms with Crippen molar-refractivity contribution in [1.29, 1.82) is 5.26 Å². The molecule has 1 unspecified atom stereocenters. The third-order valence-corrected chi connectivity index (χ3v) is 7.79. The molecule has 9 nitrogen and oxygen atoms in total. The third-order valence-electron chi connectivity index (χ3n) is 6.62. The number of furan rings is 2. The zero-order chi connectivity index (χ0) is 26.9. The number of benzene rings is 1. The summed E-state index contributed by atoms with van der Waals surface area (Å²) < 4.78 is 16.4. The van der Waals surface area contributed by atoms with Crippen LogP contribution in [0.25, 0.3) is 33.9 Å². The van der Waals surface area contributed by atoms with E-state index in [0.717, 1.165) is 29.7 Å². The van der Waals surface area contributed by atoms with Crippen LogP contribution >= 0.6 is 11.3 Å². The molecule has 6 rings (SSSR count). The summed E-state index contributed by atoms with van der Waals surface area (Å²) in [5.74, 6) is 0.400. The van der Waals surface area contributed by atoms with E-state index in [4.69, 9.17) is 18.6 Å². The number of carbonyl (C=O) groups is 2. The Kier molecular flexibility index (Phi) is 6.42. The van der Waals surface area contributed by atoms with Gasteiger partial charge in [0.05, 0.1) is 34.7 Å². The van der Waals surface area contributed by atoms with Gasteiger partial charge in [-0.2, -0.15) is 5.26 Å². The van der Waals surface area contributed by atoms with Crippen LogP contribution in [-0.4, -0.2) is 28.5 Å². The van der Waals surface area contributed by atoms with Gasteiger partial charge in [-0.3, -0.25) is 4.79 Å². The summed E-state index contributed by atoms with van der Waals surface area (Å²) in [6, 6.07) is 14.1. The number of fused-ring (bicyclic) bond motifs is 2. The summed E-state index contributed by atoms with van der Waals surface area (Å²) in [6.45, 7) is 1.70. The van der Waals surface area contributed by atoms with Gasteiger partial charge in [-0.1, -0.05) is 6.92 Å². The molecule has 4 heterocycles. The highest BCUT2D eigenvalue weighted by molar-refractivity contribution is 7.16. The topological polar surface area (TPSA) is 131 Å². The SMILES string of the molecule is CC1CCc2c(sc(NC(=O)COC(=O)c3ccc4nc(-c5ccco5)c(-c5ccco5)nc4c3)c2C#N)C1. The minimum absolute atomic E-state index is 0.221. The van der Waals surface area contributed by atoms with Crippen molar-refractivity contribution in [3.63, 3.8) is 0 Å². The molecule has 0 aliphatic heterocycles. The highest BCUT2D eigenvalue weighted by Crippen LogP contribution is 2.39. The van der Waals surface area contributed by atoms with E-state index in [2.05, 4.69) is 23.3 Å². The Labute approximate surface area is 227 Å². The first-order valence-electron chi connectivity index (χ1n) is 12.4. The molecule has 1 aromatic carbocycles. The number of carbonyl (C=O) groups excluding carboxylic acids is 2. The van der Waals surface area contributed by atoms with Crippen molar-refractivity contribution in [2.75, 3.05) is 11.9 Å². The molecule has 0 spiro atoms. The quantitative estimate of drug-likeness (QED) is 0.260. The molecule has 0 bridgehead atoms. The first-order valence-corrected chi connectivity index (χ1v) is 13.2. The molecule has 0 saturated heterocycles. The van der Waals surface area contributed by atoms with Gasteiger partial charge in [-0.15, -0.1) is 11.3 Å². The van der Waals surface area contributed by atoms with Gasteiger partial charge >= 0.3 is 5.97 Å². The molecule has 1 atom stereocenters. The van der Waals surface area contributed by atoms with E-state index in [0.29, 0.717) is 50.4 Å². The number of ether oxygens (including phenoxy) is 1. The Hall–Kier alpha value is -4.75. The second kappa shape index (κ2) is 10.2. The van der Waals surface area contributed by atoms with Crippen LogP contribution in [0.5, 0.6) is 0 Å². The Morgan fingerprint density at radius 1 is 1.10 bits per heavy atom. The maximum atomic E-state index is 12.8. The van der Waals surface area contributed by atoms with Crippen molar-refractivity contribution in [1.82, 2.24) is 9.97 Å². The van der Waals surface area contributed by atoms with Crippen LogP contribution in [0.3, 0.4) is 0 Å². The Morgan fingerprint density at radius 3 is 2.49 bits per heavy atom. The smallest absolute Gasteiger partial charge is 0.338 e. The van der Waals surface area contributed by atoms with E-state index >= 15 is 0 Å². The van der Waals surface area contributed by atoms with E-state index in [1.165, 1.54) is 17.6 Å². The molecular formula is C29H22N4O5S. The van der Waals surface area contributed by atoms with Gasteiger partial charge in [-0.05, 0) is 73.2 Å². The van der Waals surface area contributed by atoms with Gasteiger partial charge < -0.3 is 18.9 Å². The normalized spacial score (nSPS) is 14.5. The zero-order valence-corrected chi connectivity index (χ0v) is 21.7. The number of amides is 1. The highest BCUT2D eigenvalue weighted by Gasteiger charge is 2.25. The van der Waals surface area contributed by atoms with Crippen molar-refractivity contribution in [3.8, 4) is 29.0 Å². The first-order chi connectivity index (χ1) is 19.0. The van der Waals surface area contributed by atoms with Crippen LogP contribution in [-0.2, 0) is 22.4 Å². The van der Waals surface area contributed by atoms with Crippen molar-refractivity contribution in [2.45, 2.75) is 26.2 Å². The summed E-state index contributed by atoms with van der Waals surface area (Å²) in [5, 5.41) is 12.9. The minimum Gasteiger partial charge on any atom is -0.463 e. The molecule has 0 fully saturated rings. The van der Waals surface area contributed by atoms with Crippen LogP contribution in [0.4, 0.5) is 5.00 Å². The molecule has 1 amide bonds. The summed E-state index contributed by atoms with van der Waals surface area (Å²) in [5.41, 5.74) is 3.73. The molecule has 10 heteroatoms. The average Bonchev–Trinajstić information content (AvgIpc) is 3.72. The van der Waals surface area contributed by atoms with Crippen molar-refractivity contribution >= 4 is 39.2 Å². The Balaban J connectivity index is 1.19. The molecule has 194 valence electrons. The fourth-order valence-electron chi connectivity index (χ4n) is 4.69. The van der Waals surface area contributed by atoms with Crippen LogP contribution in [0.2, 0.25) is 0 Å². The highest BCUT2D eigenvalue weighted by atomic mass is 32.1. The molecule has 1 aliphatic rings. The van der Waals surface area contributed by atoms with E-state index in [9.17, 15) is 14.9 Å². The summed E-state index contributed by atoms with van der Waals surface area (Å²) >= 11 is 1.43. The number of aromatic nitrogens is 2. The van der Waals surface area contributed by atoms with Crippen molar-refractivity contribution < 1.29 is 23.2 Å². The van der Waals surface area contributed by atoms with Gasteiger partial charge in [0.1, 0.15) is 22.5 Å². The second-order valence-corrected chi connectivity index (χ2v) is 10.5. The molecular weight excluding hydrogens is 516 g/mol. The van der Waals surface area contributed by atoms with Gasteiger partial charge in [0.25, 0.3) is 5.91 Å². The lowest BCUT2D eigenvalue weighted by atomic mass is 9.89. The van der Waals surface area contributed by atoms with Gasteiger partial charge in [0.15, 0.2) is 18.1 Å². The van der Waals surface area contributed by atoms with Gasteiger partial charge in [-0.25, -0.2) is 14.8 Å². The monoisotopic (exact) mass is 538 g/mol. The number of hydrogen-bond acceptors (Lipinski definition) is 9. The maximum Gasteiger partial charge on any atom is 0.338 e. The number of hydrogen-bond donors (Lipinski definition) is 1. The van der Waals surface area contributed by atoms with Crippen LogP contribution in [0.1, 0.15) is 39.7 Å². The summed E-state index contributed by atoms with van der Waals surface area (Å²) in [7, 11) is 0. The first kappa shape index (κ1) is 24.6. The number of nitrogens with zero attached hydrogens (tertiary/aromatic N) is 3. The van der Waals surface area contributed by atoms with Gasteiger partial charge in [0, 0.05) is 4.88 Å². The Bertz CT molecular complexity index is 1730. The molecule has 1 aliphatic carbocycles. The molecule has 1 N–H and O–H groups in total. The number of rotatable bonds is 6. The lowest BCUT2D eigenvalue weighted by Gasteiger charge is -2.17. The molecule has 4 aromatic heterocycles. The van der Waals surface area contributed by atoms with Crippen LogP contribution in [0.15, 0.2) is 63.8 Å². The van der Waals surface area contributed by atoms with E-state index in [1.807, 2.05) is 0 Å². The predicted octanol–water partition coefficient (Wildman–Crippen LogP) is 6.00. The van der Waals surface area contributed by atoms with Crippen molar-refractivity contribution in [2.24, 2.45) is 5.92 Å². The average molecular weight is 539 g/mol. The summed E-state index contributed by atoms with van der Waals surface area (Å²) in [4.78, 5) is 35.9. The van der Waals surface area contributed by atoms with E-state index in [-0.39, 0.29) is 5.56 Å². The zero-order valence-electron chi connectivity index (χ0n) is 20.9. The fourth-order valence-corrected chi connectivity index (χ4v) is 6.06. The lowest BCUT2D eigenvalue weighted by Crippen LogP contribution is -2.21. The molecule has 39 heavy (non-hydrogen) atoms. The summed E-state index contributed by atoms with van der Waals surface area (Å²) in [6.07, 6.45) is 5.84. The number of nitrogens with one attached hydrogen (secondary N) is 1. The van der Waals surface area contributed by atoms with E-state index in [1.54, 1.807) is 48.7 Å². The second-order valence-electron chi connectivity index (χ2n) is 9.37. The van der Waals surface area contributed by atoms with Gasteiger partial charge in [0.2, 0.25) is 0 Å². The van der Waals surface area contributed by atoms with E-state index < -0.39 is 18.5 Å². The standard InChI is InChI=1S/C29H22N4O5S/c1-16-6-8-18-19(14-30)28(39-24(18)12-16)33-25(34)15-38-29(35)17-7-9-20-21(13-17)32-27(23-5-3-11-37-23)26(31-20)22-4-2-10-36-22/h2-5,7,9-11,13,16H,6,8,12,15H2,1H3,(H,33,34). The van der Waals surface area contributed by atoms with Crippen LogP contribution < -0.4 is 5.32 Å². The molecule has 0 saturated carbocycles. The minimum atomic E-state index is -0.677. The molecule has 0 radical (unpaired) electrons. The number of thiophene rings is 1. The lowest BCUT2D eigenvalue weighted by molar-refractivity contribution is -0.119. The number of esters is 1. The fraction of sp³-hybridized carbons (Fsp3) is 0.207. The maximum absolute atomic E-state index is 12.8. The Morgan fingerprint density at radius 2 is 1.82 bits per heavy atom. The van der Waals surface area contributed by atoms with Crippen LogP contribution in [0, 0.1) is 17.2 Å². The van der Waals surface area contributed by atoms with Crippen molar-refractivity contribution in [3.05, 3.63) is 76.6 Å². The largest absolute Gasteiger partial charge is 0.463 e. The third kappa shape index (κ3) is 4.80. The number of anilines is 1. The predicted molar refractivity (Wildman–Crippen MR) is 144 cm³/mol. The molecule has 5 aromatic rings.